The van der Waals surface area contributed by atoms with Crippen LogP contribution in [0.15, 0.2) is 218 Å². The second-order valence-corrected chi connectivity index (χ2v) is 19.7. The first kappa shape index (κ1) is 40.8. The summed E-state index contributed by atoms with van der Waals surface area (Å²) in [7, 11) is 0. The quantitative estimate of drug-likeness (QED) is 0.166. The van der Waals surface area contributed by atoms with Crippen LogP contribution in [0.3, 0.4) is 0 Å². The second-order valence-electron chi connectivity index (χ2n) is 19.7. The molecule has 9 aromatic rings. The molecule has 0 fully saturated rings. The average Bonchev–Trinajstić information content (AvgIpc) is 4.00. The van der Waals surface area contributed by atoms with Crippen LogP contribution in [0.2, 0.25) is 0 Å². The zero-order chi connectivity index (χ0) is 46.9. The maximum atomic E-state index is 2.60. The molecule has 14 rings (SSSR count). The summed E-state index contributed by atoms with van der Waals surface area (Å²) in [5.74, 6) is 0. The van der Waals surface area contributed by atoms with Crippen LogP contribution >= 0.6 is 0 Å². The molecular weight excluding hydrogens is 843 g/mol. The molecule has 1 nitrogen and oxygen atoms in total. The minimum Gasteiger partial charge on any atom is -0.310 e. The summed E-state index contributed by atoms with van der Waals surface area (Å²) < 4.78 is 0. The van der Waals surface area contributed by atoms with Crippen molar-refractivity contribution in [1.29, 1.82) is 0 Å². The number of nitrogens with zero attached hydrogens (tertiary/aromatic N) is 1. The highest BCUT2D eigenvalue weighted by Gasteiger charge is 2.54. The zero-order valence-electron chi connectivity index (χ0n) is 40.0. The molecule has 0 aliphatic heterocycles. The van der Waals surface area contributed by atoms with Crippen LogP contribution in [0.1, 0.15) is 87.0 Å². The van der Waals surface area contributed by atoms with E-state index < -0.39 is 10.8 Å². The monoisotopic (exact) mass is 893 g/mol. The third kappa shape index (κ3) is 5.12. The summed E-state index contributed by atoms with van der Waals surface area (Å²) in [5.41, 5.74) is 28.8. The molecule has 0 saturated heterocycles. The van der Waals surface area contributed by atoms with E-state index in [-0.39, 0.29) is 0 Å². The standard InChI is InChI=1S/C69H51N/c1-5-21-47-43(3)44(4)48(22-6-2)57-41-45(37-39-49(47)57)70(46-38-40-55-54-27-13-18-33-62(54)69(65(55)42-46)60-31-16-11-25-52(60)53-26-12-17-32-61(53)69)66-36-20-35-64-67(66)56-28-14-19-34-63(56)68(64)58-29-9-7-8-23-50(58)51-24-10-15-30-59(51)68/h5-6,8-42H,7H2,1-4H3/b21-5-,22-6-. The highest BCUT2D eigenvalue weighted by Crippen LogP contribution is 2.66. The van der Waals surface area contributed by atoms with Gasteiger partial charge in [0, 0.05) is 16.9 Å². The van der Waals surface area contributed by atoms with E-state index in [1.54, 1.807) is 0 Å². The SMILES string of the molecule is C/C=C\c1c(C)c(C)c(/C=C\C)c2cc(N(c3ccc4c(c3)C3(c5ccccc5-c5ccccc53)c3ccccc3-4)c3cccc4c3-c3ccccc3C43C4=C(C=CCC=C4)c4ccccc43)ccc12. The fraction of sp³-hybridized carbons (Fsp3) is 0.101. The lowest BCUT2D eigenvalue weighted by Gasteiger charge is -2.34. The van der Waals surface area contributed by atoms with E-state index in [0.717, 1.165) is 17.8 Å². The van der Waals surface area contributed by atoms with Crippen LogP contribution < -0.4 is 4.90 Å². The smallest absolute Gasteiger partial charge is 0.0726 e. The Balaban J connectivity index is 1.10. The summed E-state index contributed by atoms with van der Waals surface area (Å²) in [4.78, 5) is 2.60. The molecule has 0 radical (unpaired) electrons. The fourth-order valence-electron chi connectivity index (χ4n) is 13.8. The third-order valence-electron chi connectivity index (χ3n) is 16.6. The molecule has 0 aromatic heterocycles. The minimum absolute atomic E-state index is 0.482. The molecule has 0 amide bonds. The minimum atomic E-state index is -0.482. The number of rotatable bonds is 5. The Morgan fingerprint density at radius 1 is 0.414 bits per heavy atom. The molecule has 0 saturated carbocycles. The Kier molecular flexibility index (Phi) is 8.81. The lowest BCUT2D eigenvalue weighted by molar-refractivity contribution is 0.786. The highest BCUT2D eigenvalue weighted by atomic mass is 15.1. The van der Waals surface area contributed by atoms with Crippen LogP contribution in [-0.4, -0.2) is 0 Å². The van der Waals surface area contributed by atoms with Gasteiger partial charge in [-0.3, -0.25) is 0 Å². The predicted molar refractivity (Wildman–Crippen MR) is 295 cm³/mol. The summed E-state index contributed by atoms with van der Waals surface area (Å²) in [6, 6.07) is 67.6. The second kappa shape index (κ2) is 15.1. The van der Waals surface area contributed by atoms with Gasteiger partial charge in [-0.1, -0.05) is 194 Å². The fourth-order valence-corrected chi connectivity index (χ4v) is 13.8. The Hall–Kier alpha value is -8.26. The Labute approximate surface area is 411 Å². The van der Waals surface area contributed by atoms with Crippen LogP contribution in [0.5, 0.6) is 0 Å². The molecule has 0 N–H and O–H groups in total. The number of hydrogen-bond acceptors (Lipinski definition) is 1. The van der Waals surface area contributed by atoms with Crippen molar-refractivity contribution in [3.63, 3.8) is 0 Å². The van der Waals surface area contributed by atoms with E-state index in [1.165, 1.54) is 128 Å². The van der Waals surface area contributed by atoms with Gasteiger partial charge in [0.15, 0.2) is 0 Å². The van der Waals surface area contributed by atoms with Gasteiger partial charge in [-0.05, 0) is 181 Å². The topological polar surface area (TPSA) is 3.24 Å². The molecule has 332 valence electrons. The van der Waals surface area contributed by atoms with Crippen molar-refractivity contribution < 1.29 is 0 Å². The number of anilines is 3. The lowest BCUT2D eigenvalue weighted by Crippen LogP contribution is -2.27. The summed E-state index contributed by atoms with van der Waals surface area (Å²) in [6.45, 7) is 8.82. The van der Waals surface area contributed by atoms with Gasteiger partial charge in [-0.25, -0.2) is 0 Å². The lowest BCUT2D eigenvalue weighted by atomic mass is 9.69. The zero-order valence-corrected chi connectivity index (χ0v) is 40.0. The first-order chi connectivity index (χ1) is 34.5. The van der Waals surface area contributed by atoms with Gasteiger partial charge >= 0.3 is 0 Å². The van der Waals surface area contributed by atoms with Crippen LogP contribution in [0.25, 0.3) is 61.9 Å². The predicted octanol–water partition coefficient (Wildman–Crippen LogP) is 17.9. The maximum absolute atomic E-state index is 2.60. The molecule has 1 unspecified atom stereocenters. The van der Waals surface area contributed by atoms with Crippen LogP contribution in [0, 0.1) is 13.8 Å². The molecule has 0 bridgehead atoms. The van der Waals surface area contributed by atoms with Crippen molar-refractivity contribution in [3.8, 4) is 33.4 Å². The molecule has 1 heteroatoms. The van der Waals surface area contributed by atoms with Crippen molar-refractivity contribution in [2.24, 2.45) is 0 Å². The Bertz CT molecular complexity index is 3860. The van der Waals surface area contributed by atoms with E-state index in [4.69, 9.17) is 0 Å². The van der Waals surface area contributed by atoms with Crippen molar-refractivity contribution >= 4 is 45.6 Å². The molecule has 1 atom stereocenters. The summed E-state index contributed by atoms with van der Waals surface area (Å²) >= 11 is 0. The van der Waals surface area contributed by atoms with E-state index in [1.807, 2.05) is 0 Å². The normalized spacial score (nSPS) is 17.0. The van der Waals surface area contributed by atoms with Crippen molar-refractivity contribution in [2.75, 3.05) is 4.90 Å². The Morgan fingerprint density at radius 2 is 0.900 bits per heavy atom. The molecular formula is C69H51N. The van der Waals surface area contributed by atoms with E-state index in [0.29, 0.717) is 0 Å². The van der Waals surface area contributed by atoms with Crippen LogP contribution in [-0.2, 0) is 10.8 Å². The first-order valence-electron chi connectivity index (χ1n) is 25.0. The molecule has 5 aliphatic rings. The Morgan fingerprint density at radius 3 is 1.53 bits per heavy atom. The van der Waals surface area contributed by atoms with Crippen LogP contribution in [0.4, 0.5) is 17.1 Å². The van der Waals surface area contributed by atoms with E-state index in [2.05, 4.69) is 257 Å². The molecule has 0 heterocycles. The van der Waals surface area contributed by atoms with Crippen molar-refractivity contribution in [2.45, 2.75) is 44.9 Å². The average molecular weight is 894 g/mol. The number of benzene rings is 9. The number of hydrogen-bond donors (Lipinski definition) is 0. The largest absolute Gasteiger partial charge is 0.310 e. The molecule has 9 aromatic carbocycles. The molecule has 70 heavy (non-hydrogen) atoms. The van der Waals surface area contributed by atoms with Gasteiger partial charge in [0.2, 0.25) is 0 Å². The van der Waals surface area contributed by atoms with E-state index >= 15 is 0 Å². The molecule has 2 spiro atoms. The van der Waals surface area contributed by atoms with Gasteiger partial charge in [0.05, 0.1) is 16.5 Å². The highest BCUT2D eigenvalue weighted by molar-refractivity contribution is 6.06. The number of fused-ring (bicyclic) bond motifs is 20. The van der Waals surface area contributed by atoms with Gasteiger partial charge < -0.3 is 4.90 Å². The first-order valence-corrected chi connectivity index (χ1v) is 25.0. The maximum Gasteiger partial charge on any atom is 0.0726 e. The van der Waals surface area contributed by atoms with Crippen molar-refractivity contribution in [3.05, 3.63) is 285 Å². The molecule has 5 aliphatic carbocycles. The third-order valence-corrected chi connectivity index (χ3v) is 16.6. The van der Waals surface area contributed by atoms with Gasteiger partial charge in [-0.15, -0.1) is 0 Å². The van der Waals surface area contributed by atoms with Gasteiger partial charge in [0.1, 0.15) is 0 Å². The van der Waals surface area contributed by atoms with Gasteiger partial charge in [0.25, 0.3) is 0 Å². The van der Waals surface area contributed by atoms with Crippen molar-refractivity contribution in [1.82, 2.24) is 0 Å². The van der Waals surface area contributed by atoms with Gasteiger partial charge in [-0.2, -0.15) is 0 Å². The number of allylic oxidation sites excluding steroid dienone is 8. The van der Waals surface area contributed by atoms with E-state index in [9.17, 15) is 0 Å². The summed E-state index contributed by atoms with van der Waals surface area (Å²) in [5, 5.41) is 2.51. The summed E-state index contributed by atoms with van der Waals surface area (Å²) in [6.07, 6.45) is 19.4.